The van der Waals surface area contributed by atoms with Crippen LogP contribution in [-0.2, 0) is 16.0 Å². The van der Waals surface area contributed by atoms with Crippen LogP contribution < -0.4 is 27.8 Å². The molecule has 0 saturated heterocycles. The van der Waals surface area contributed by atoms with Crippen LogP contribution in [0.4, 0.5) is 0 Å². The van der Waals surface area contributed by atoms with Crippen LogP contribution in [0.15, 0.2) is 35.5 Å². The van der Waals surface area contributed by atoms with Gasteiger partial charge in [0.1, 0.15) is 6.04 Å². The molecule has 2 rings (SSSR count). The number of carbonyl (C=O) groups is 2. The Bertz CT molecular complexity index is 811. The Kier molecular flexibility index (Phi) is 7.18. The standard InChI is InChI=1S/C18H27N7O2/c1-22-14(7-4-8-23-18(20)21)17(27)25-15(16(19)26)9-11-10-24-13-6-3-2-5-12(11)13/h2-3,5-6,10,14-15,22,24H,4,7-9H2,1H3,(H2,19,26)(H,25,27)(H4,20,21,23)/t14-,15-/m0/s1. The van der Waals surface area contributed by atoms with E-state index in [9.17, 15) is 9.59 Å². The monoisotopic (exact) mass is 373 g/mol. The molecule has 9 nitrogen and oxygen atoms in total. The number of likely N-dealkylation sites (N-methyl/N-ethyl adjacent to an activating group) is 1. The third-order valence-electron chi connectivity index (χ3n) is 4.37. The van der Waals surface area contributed by atoms with Gasteiger partial charge in [0.2, 0.25) is 11.8 Å². The Morgan fingerprint density at radius 2 is 1.93 bits per heavy atom. The molecule has 0 aliphatic rings. The number of carbonyl (C=O) groups excluding carboxylic acids is 2. The summed E-state index contributed by atoms with van der Waals surface area (Å²) in [5.74, 6) is -0.845. The molecule has 0 spiro atoms. The second kappa shape index (κ2) is 9.58. The Morgan fingerprint density at radius 1 is 1.19 bits per heavy atom. The number of rotatable bonds is 10. The fraction of sp³-hybridized carbons (Fsp3) is 0.389. The number of hydrogen-bond donors (Lipinski definition) is 6. The fourth-order valence-corrected chi connectivity index (χ4v) is 2.93. The summed E-state index contributed by atoms with van der Waals surface area (Å²) in [5.41, 5.74) is 18.0. The Morgan fingerprint density at radius 3 is 2.59 bits per heavy atom. The van der Waals surface area contributed by atoms with Gasteiger partial charge in [-0.15, -0.1) is 0 Å². The van der Waals surface area contributed by atoms with Crippen LogP contribution in [-0.4, -0.2) is 48.4 Å². The molecular formula is C18H27N7O2. The molecule has 2 amide bonds. The van der Waals surface area contributed by atoms with Crippen molar-refractivity contribution in [1.82, 2.24) is 15.6 Å². The van der Waals surface area contributed by atoms with Gasteiger partial charge < -0.3 is 32.8 Å². The predicted octanol–water partition coefficient (Wildman–Crippen LogP) is -0.678. The average molecular weight is 373 g/mol. The molecule has 0 aliphatic heterocycles. The first-order valence-electron chi connectivity index (χ1n) is 8.79. The number of guanidine groups is 1. The number of primary amides is 1. The first-order valence-corrected chi connectivity index (χ1v) is 8.79. The maximum atomic E-state index is 12.5. The van der Waals surface area contributed by atoms with Gasteiger partial charge in [-0.3, -0.25) is 14.6 Å². The lowest BCUT2D eigenvalue weighted by atomic mass is 10.0. The van der Waals surface area contributed by atoms with Gasteiger partial charge in [0.15, 0.2) is 5.96 Å². The highest BCUT2D eigenvalue weighted by Crippen LogP contribution is 2.19. The van der Waals surface area contributed by atoms with Gasteiger partial charge in [-0.05, 0) is 31.5 Å². The number of H-pyrrole nitrogens is 1. The number of aromatic amines is 1. The van der Waals surface area contributed by atoms with Crippen molar-refractivity contribution in [3.63, 3.8) is 0 Å². The van der Waals surface area contributed by atoms with Crippen molar-refractivity contribution in [3.05, 3.63) is 36.0 Å². The van der Waals surface area contributed by atoms with Gasteiger partial charge in [0, 0.05) is 30.1 Å². The quantitative estimate of drug-likeness (QED) is 0.184. The molecule has 1 aromatic heterocycles. The van der Waals surface area contributed by atoms with Crippen LogP contribution in [0.25, 0.3) is 10.9 Å². The number of para-hydroxylation sites is 1. The number of aromatic nitrogens is 1. The zero-order chi connectivity index (χ0) is 19.8. The Hall–Kier alpha value is -3.07. The lowest BCUT2D eigenvalue weighted by molar-refractivity contribution is -0.128. The number of amides is 2. The summed E-state index contributed by atoms with van der Waals surface area (Å²) in [6.45, 7) is 0.433. The molecule has 2 aromatic rings. The van der Waals surface area contributed by atoms with Gasteiger partial charge in [-0.25, -0.2) is 0 Å². The molecule has 27 heavy (non-hydrogen) atoms. The maximum Gasteiger partial charge on any atom is 0.240 e. The summed E-state index contributed by atoms with van der Waals surface area (Å²) in [6.07, 6.45) is 3.30. The van der Waals surface area contributed by atoms with Crippen LogP contribution in [0.2, 0.25) is 0 Å². The van der Waals surface area contributed by atoms with Gasteiger partial charge in [0.05, 0.1) is 6.04 Å². The molecule has 0 radical (unpaired) electrons. The van der Waals surface area contributed by atoms with Gasteiger partial charge in [-0.2, -0.15) is 0 Å². The number of hydrogen-bond acceptors (Lipinski definition) is 4. The molecule has 1 heterocycles. The van der Waals surface area contributed by atoms with Gasteiger partial charge in [0.25, 0.3) is 0 Å². The van der Waals surface area contributed by atoms with Crippen LogP contribution in [0.3, 0.4) is 0 Å². The van der Waals surface area contributed by atoms with Crippen LogP contribution in [0.5, 0.6) is 0 Å². The van der Waals surface area contributed by atoms with E-state index in [4.69, 9.17) is 17.2 Å². The number of nitrogens with two attached hydrogens (primary N) is 3. The minimum absolute atomic E-state index is 0.0213. The smallest absolute Gasteiger partial charge is 0.240 e. The lowest BCUT2D eigenvalue weighted by Gasteiger charge is -2.20. The number of aliphatic imine (C=N–C) groups is 1. The second-order valence-electron chi connectivity index (χ2n) is 6.32. The third kappa shape index (κ3) is 5.71. The number of benzene rings is 1. The van der Waals surface area contributed by atoms with E-state index in [2.05, 4.69) is 20.6 Å². The van der Waals surface area contributed by atoms with Crippen molar-refractivity contribution >= 4 is 28.7 Å². The molecule has 1 aromatic carbocycles. The molecule has 2 atom stereocenters. The second-order valence-corrected chi connectivity index (χ2v) is 6.32. The lowest BCUT2D eigenvalue weighted by Crippen LogP contribution is -2.52. The molecule has 0 unspecified atom stereocenters. The van der Waals surface area contributed by atoms with Crippen LogP contribution in [0.1, 0.15) is 18.4 Å². The Labute approximate surface area is 157 Å². The zero-order valence-corrected chi connectivity index (χ0v) is 15.4. The van der Waals surface area contributed by atoms with E-state index < -0.39 is 18.0 Å². The van der Waals surface area contributed by atoms with Crippen molar-refractivity contribution in [2.24, 2.45) is 22.2 Å². The minimum atomic E-state index is -0.801. The molecule has 9 heteroatoms. The highest BCUT2D eigenvalue weighted by atomic mass is 16.2. The third-order valence-corrected chi connectivity index (χ3v) is 4.37. The summed E-state index contributed by atoms with van der Waals surface area (Å²) < 4.78 is 0. The minimum Gasteiger partial charge on any atom is -0.370 e. The topological polar surface area (TPSA) is 164 Å². The van der Waals surface area contributed by atoms with Crippen molar-refractivity contribution < 1.29 is 9.59 Å². The van der Waals surface area contributed by atoms with E-state index in [1.54, 1.807) is 7.05 Å². The van der Waals surface area contributed by atoms with Crippen LogP contribution >= 0.6 is 0 Å². The highest BCUT2D eigenvalue weighted by molar-refractivity contribution is 5.90. The van der Waals surface area contributed by atoms with Gasteiger partial charge in [-0.1, -0.05) is 18.2 Å². The summed E-state index contributed by atoms with van der Waals surface area (Å²) >= 11 is 0. The summed E-state index contributed by atoms with van der Waals surface area (Å²) in [4.78, 5) is 31.5. The van der Waals surface area contributed by atoms with E-state index in [-0.39, 0.29) is 11.9 Å². The van der Waals surface area contributed by atoms with E-state index in [0.29, 0.717) is 25.8 Å². The predicted molar refractivity (Wildman–Crippen MR) is 106 cm³/mol. The molecule has 146 valence electrons. The fourth-order valence-electron chi connectivity index (χ4n) is 2.93. The van der Waals surface area contributed by atoms with Crippen molar-refractivity contribution in [2.45, 2.75) is 31.3 Å². The average Bonchev–Trinajstić information content (AvgIpc) is 3.04. The number of nitrogens with one attached hydrogen (secondary N) is 3. The van der Waals surface area contributed by atoms with Crippen LogP contribution in [0, 0.1) is 0 Å². The first kappa shape index (κ1) is 20.2. The zero-order valence-electron chi connectivity index (χ0n) is 15.4. The Balaban J connectivity index is 2.00. The molecule has 0 bridgehead atoms. The molecular weight excluding hydrogens is 346 g/mol. The summed E-state index contributed by atoms with van der Waals surface area (Å²) in [7, 11) is 1.68. The SMILES string of the molecule is CN[C@@H](CCCN=C(N)N)C(=O)N[C@@H](Cc1c[nH]c2ccccc12)C(N)=O. The van der Waals surface area contributed by atoms with Crippen molar-refractivity contribution in [1.29, 1.82) is 0 Å². The normalized spacial score (nSPS) is 13.1. The molecule has 0 saturated carbocycles. The van der Waals surface area contributed by atoms with E-state index in [1.165, 1.54) is 0 Å². The maximum absolute atomic E-state index is 12.5. The van der Waals surface area contributed by atoms with E-state index in [0.717, 1.165) is 16.5 Å². The van der Waals surface area contributed by atoms with E-state index >= 15 is 0 Å². The summed E-state index contributed by atoms with van der Waals surface area (Å²) in [5, 5.41) is 6.69. The largest absolute Gasteiger partial charge is 0.370 e. The van der Waals surface area contributed by atoms with Crippen molar-refractivity contribution in [3.8, 4) is 0 Å². The number of nitrogens with zero attached hydrogens (tertiary/aromatic N) is 1. The molecule has 9 N–H and O–H groups in total. The van der Waals surface area contributed by atoms with Crippen molar-refractivity contribution in [2.75, 3.05) is 13.6 Å². The van der Waals surface area contributed by atoms with Gasteiger partial charge >= 0.3 is 0 Å². The molecule has 0 aliphatic carbocycles. The molecule has 0 fully saturated rings. The highest BCUT2D eigenvalue weighted by Gasteiger charge is 2.24. The van der Waals surface area contributed by atoms with E-state index in [1.807, 2.05) is 30.5 Å². The number of fused-ring (bicyclic) bond motifs is 1. The first-order chi connectivity index (χ1) is 12.9. The summed E-state index contributed by atoms with van der Waals surface area (Å²) in [6, 6.07) is 6.49.